The SMILES string of the molecule is CS(=O)(=O)c1cccc(NCCc2nc(-c3ccc(Cl)cc3)no2)c1[N+](=O)[O-]. The quantitative estimate of drug-likeness (QED) is 0.453. The van der Waals surface area contributed by atoms with E-state index in [0.29, 0.717) is 23.2 Å². The summed E-state index contributed by atoms with van der Waals surface area (Å²) < 4.78 is 28.8. The normalized spacial score (nSPS) is 11.4. The van der Waals surface area contributed by atoms with Crippen LogP contribution in [0.1, 0.15) is 5.89 Å². The van der Waals surface area contributed by atoms with E-state index in [-0.39, 0.29) is 17.1 Å². The summed E-state index contributed by atoms with van der Waals surface area (Å²) in [5, 5.41) is 18.7. The molecule has 0 aliphatic carbocycles. The summed E-state index contributed by atoms with van der Waals surface area (Å²) in [4.78, 5) is 14.6. The van der Waals surface area contributed by atoms with Gasteiger partial charge in [-0.15, -0.1) is 0 Å². The molecule has 2 aromatic carbocycles. The molecular weight excluding hydrogens is 408 g/mol. The van der Waals surface area contributed by atoms with Crippen molar-refractivity contribution in [3.8, 4) is 11.4 Å². The molecule has 146 valence electrons. The fourth-order valence-corrected chi connectivity index (χ4v) is 3.52. The molecule has 0 saturated heterocycles. The lowest BCUT2D eigenvalue weighted by Crippen LogP contribution is -2.10. The van der Waals surface area contributed by atoms with Crippen molar-refractivity contribution in [1.29, 1.82) is 0 Å². The van der Waals surface area contributed by atoms with Crippen molar-refractivity contribution in [2.45, 2.75) is 11.3 Å². The predicted octanol–water partition coefficient (Wildman–Crippen LogP) is 3.36. The Hall–Kier alpha value is -2.98. The summed E-state index contributed by atoms with van der Waals surface area (Å²) >= 11 is 5.85. The van der Waals surface area contributed by atoms with Gasteiger partial charge in [-0.05, 0) is 36.4 Å². The molecule has 0 saturated carbocycles. The van der Waals surface area contributed by atoms with E-state index in [2.05, 4.69) is 15.5 Å². The summed E-state index contributed by atoms with van der Waals surface area (Å²) in [7, 11) is -3.74. The summed E-state index contributed by atoms with van der Waals surface area (Å²) in [5.74, 6) is 0.732. The maximum Gasteiger partial charge on any atom is 0.310 e. The number of para-hydroxylation sites is 1. The molecule has 3 rings (SSSR count). The Morgan fingerprint density at radius 2 is 1.93 bits per heavy atom. The number of nitrogens with one attached hydrogen (secondary N) is 1. The zero-order valence-corrected chi connectivity index (χ0v) is 16.2. The highest BCUT2D eigenvalue weighted by atomic mass is 35.5. The van der Waals surface area contributed by atoms with Crippen LogP contribution >= 0.6 is 11.6 Å². The van der Waals surface area contributed by atoms with Gasteiger partial charge in [0.25, 0.3) is 0 Å². The first-order valence-electron chi connectivity index (χ1n) is 8.05. The molecule has 28 heavy (non-hydrogen) atoms. The van der Waals surface area contributed by atoms with E-state index in [1.807, 2.05) is 0 Å². The van der Waals surface area contributed by atoms with Crippen LogP contribution in [0.5, 0.6) is 0 Å². The van der Waals surface area contributed by atoms with E-state index >= 15 is 0 Å². The minimum atomic E-state index is -3.74. The van der Waals surface area contributed by atoms with Gasteiger partial charge in [0.1, 0.15) is 10.6 Å². The van der Waals surface area contributed by atoms with Crippen LogP contribution in [0, 0.1) is 10.1 Å². The molecular formula is C17H15ClN4O5S. The molecule has 0 spiro atoms. The molecule has 1 N–H and O–H groups in total. The van der Waals surface area contributed by atoms with Gasteiger partial charge in [0.2, 0.25) is 11.7 Å². The fraction of sp³-hybridized carbons (Fsp3) is 0.176. The highest BCUT2D eigenvalue weighted by Crippen LogP contribution is 2.31. The number of sulfone groups is 1. The smallest absolute Gasteiger partial charge is 0.310 e. The van der Waals surface area contributed by atoms with Crippen molar-refractivity contribution < 1.29 is 17.9 Å². The van der Waals surface area contributed by atoms with E-state index in [4.69, 9.17) is 16.1 Å². The third-order valence-corrected chi connectivity index (χ3v) is 5.19. The number of nitrogens with zero attached hydrogens (tertiary/aromatic N) is 3. The van der Waals surface area contributed by atoms with Gasteiger partial charge in [0, 0.05) is 29.8 Å². The van der Waals surface area contributed by atoms with E-state index in [0.717, 1.165) is 11.8 Å². The first-order chi connectivity index (χ1) is 13.3. The lowest BCUT2D eigenvalue weighted by Gasteiger charge is -2.08. The van der Waals surface area contributed by atoms with Crippen molar-refractivity contribution >= 4 is 32.8 Å². The maximum atomic E-state index is 11.8. The van der Waals surface area contributed by atoms with Gasteiger partial charge in [0.05, 0.1) is 4.92 Å². The lowest BCUT2D eigenvalue weighted by atomic mass is 10.2. The molecule has 0 unspecified atom stereocenters. The molecule has 0 radical (unpaired) electrons. The van der Waals surface area contributed by atoms with E-state index < -0.39 is 20.4 Å². The first kappa shape index (κ1) is 19.8. The number of halogens is 1. The van der Waals surface area contributed by atoms with Crippen molar-refractivity contribution in [2.75, 3.05) is 18.1 Å². The van der Waals surface area contributed by atoms with E-state index in [1.54, 1.807) is 24.3 Å². The predicted molar refractivity (Wildman–Crippen MR) is 103 cm³/mol. The molecule has 0 aliphatic rings. The second kappa shape index (κ2) is 7.95. The fourth-order valence-electron chi connectivity index (χ4n) is 2.53. The van der Waals surface area contributed by atoms with Gasteiger partial charge < -0.3 is 9.84 Å². The number of benzene rings is 2. The number of aromatic nitrogens is 2. The second-order valence-corrected chi connectivity index (χ2v) is 8.30. The number of nitro benzene ring substituents is 1. The number of rotatable bonds is 7. The topological polar surface area (TPSA) is 128 Å². The Balaban J connectivity index is 1.72. The number of nitro groups is 1. The Labute approximate surface area is 165 Å². The third kappa shape index (κ3) is 4.46. The molecule has 0 bridgehead atoms. The molecule has 3 aromatic rings. The molecule has 0 aliphatic heterocycles. The average molecular weight is 423 g/mol. The molecule has 0 fully saturated rings. The van der Waals surface area contributed by atoms with Crippen LogP contribution in [0.3, 0.4) is 0 Å². The highest BCUT2D eigenvalue weighted by molar-refractivity contribution is 7.90. The molecule has 9 nitrogen and oxygen atoms in total. The number of hydrogen-bond acceptors (Lipinski definition) is 8. The summed E-state index contributed by atoms with van der Waals surface area (Å²) in [6, 6.07) is 11.0. The Bertz CT molecular complexity index is 1110. The standard InChI is InChI=1S/C17H15ClN4O5S/c1-28(25,26)14-4-2-3-13(16(14)22(23)24)19-10-9-15-20-17(21-27-15)11-5-7-12(18)8-6-11/h2-8,19H,9-10H2,1H3. The Morgan fingerprint density at radius 1 is 1.21 bits per heavy atom. The Kier molecular flexibility index (Phi) is 5.61. The minimum absolute atomic E-state index is 0.102. The zero-order valence-electron chi connectivity index (χ0n) is 14.6. The number of anilines is 1. The third-order valence-electron chi connectivity index (χ3n) is 3.81. The lowest BCUT2D eigenvalue weighted by molar-refractivity contribution is -0.386. The monoisotopic (exact) mass is 422 g/mol. The maximum absolute atomic E-state index is 11.8. The average Bonchev–Trinajstić information content (AvgIpc) is 3.10. The van der Waals surface area contributed by atoms with Crippen LogP contribution in [-0.2, 0) is 16.3 Å². The van der Waals surface area contributed by atoms with Crippen LogP contribution in [0.4, 0.5) is 11.4 Å². The molecule has 1 heterocycles. The van der Waals surface area contributed by atoms with Crippen molar-refractivity contribution in [2.24, 2.45) is 0 Å². The van der Waals surface area contributed by atoms with Crippen LogP contribution < -0.4 is 5.32 Å². The summed E-state index contributed by atoms with van der Waals surface area (Å²) in [6.45, 7) is 0.232. The van der Waals surface area contributed by atoms with Gasteiger partial charge in [-0.3, -0.25) is 10.1 Å². The summed E-state index contributed by atoms with van der Waals surface area (Å²) in [5.41, 5.74) is 0.353. The van der Waals surface area contributed by atoms with Crippen LogP contribution in [0.15, 0.2) is 51.9 Å². The number of hydrogen-bond donors (Lipinski definition) is 1. The molecule has 11 heteroatoms. The van der Waals surface area contributed by atoms with Crippen molar-refractivity contribution in [1.82, 2.24) is 10.1 Å². The van der Waals surface area contributed by atoms with Gasteiger partial charge in [-0.1, -0.05) is 22.8 Å². The second-order valence-electron chi connectivity index (χ2n) is 5.88. The largest absolute Gasteiger partial charge is 0.379 e. The Morgan fingerprint density at radius 3 is 2.57 bits per heavy atom. The van der Waals surface area contributed by atoms with Gasteiger partial charge >= 0.3 is 5.69 Å². The van der Waals surface area contributed by atoms with Crippen molar-refractivity contribution in [3.05, 3.63) is 63.5 Å². The molecule has 1 aromatic heterocycles. The first-order valence-corrected chi connectivity index (χ1v) is 10.3. The van der Waals surface area contributed by atoms with Crippen molar-refractivity contribution in [3.63, 3.8) is 0 Å². The minimum Gasteiger partial charge on any atom is -0.379 e. The van der Waals surface area contributed by atoms with Gasteiger partial charge in [-0.25, -0.2) is 8.42 Å². The van der Waals surface area contributed by atoms with E-state index in [9.17, 15) is 18.5 Å². The summed E-state index contributed by atoms with van der Waals surface area (Å²) in [6.07, 6.45) is 1.22. The molecule has 0 atom stereocenters. The van der Waals surface area contributed by atoms with Gasteiger partial charge in [-0.2, -0.15) is 4.98 Å². The highest BCUT2D eigenvalue weighted by Gasteiger charge is 2.26. The zero-order chi connectivity index (χ0) is 20.3. The van der Waals surface area contributed by atoms with Gasteiger partial charge in [0.15, 0.2) is 9.84 Å². The van der Waals surface area contributed by atoms with E-state index in [1.165, 1.54) is 18.2 Å². The van der Waals surface area contributed by atoms with Crippen LogP contribution in [-0.4, -0.2) is 36.3 Å². The van der Waals surface area contributed by atoms with Crippen LogP contribution in [0.25, 0.3) is 11.4 Å². The molecule has 0 amide bonds. The van der Waals surface area contributed by atoms with Crippen LogP contribution in [0.2, 0.25) is 5.02 Å².